The Bertz CT molecular complexity index is 371. The predicted octanol–water partition coefficient (Wildman–Crippen LogP) is 3.27. The molecular weight excluding hydrogens is 224 g/mol. The molecule has 3 heteroatoms. The summed E-state index contributed by atoms with van der Waals surface area (Å²) in [4.78, 5) is 11.8. The van der Waals surface area contributed by atoms with Crippen LogP contribution in [-0.2, 0) is 4.79 Å². The van der Waals surface area contributed by atoms with Crippen LogP contribution in [0.4, 0.5) is 5.69 Å². The molecule has 1 rings (SSSR count). The standard InChI is InChI=1S/C15H24N2O/c1-4-5-6-14(16)15(18)17-13-9-7-12(8-10-13)11(2)3/h7-11,14H,4-6,16H2,1-3H3,(H,17,18). The fraction of sp³-hybridized carbons (Fsp3) is 0.533. The van der Waals surface area contributed by atoms with Crippen molar-refractivity contribution in [1.29, 1.82) is 0 Å². The van der Waals surface area contributed by atoms with Crippen LogP contribution in [0.25, 0.3) is 0 Å². The van der Waals surface area contributed by atoms with Gasteiger partial charge in [0, 0.05) is 5.69 Å². The number of amides is 1. The van der Waals surface area contributed by atoms with Crippen molar-refractivity contribution in [2.24, 2.45) is 5.73 Å². The lowest BCUT2D eigenvalue weighted by atomic mass is 10.0. The lowest BCUT2D eigenvalue weighted by molar-refractivity contribution is -0.117. The number of nitrogens with one attached hydrogen (secondary N) is 1. The van der Waals surface area contributed by atoms with Gasteiger partial charge in [-0.1, -0.05) is 45.7 Å². The van der Waals surface area contributed by atoms with Crippen molar-refractivity contribution in [1.82, 2.24) is 0 Å². The zero-order chi connectivity index (χ0) is 13.5. The molecule has 1 atom stereocenters. The number of anilines is 1. The fourth-order valence-electron chi connectivity index (χ4n) is 1.74. The molecule has 1 unspecified atom stereocenters. The van der Waals surface area contributed by atoms with E-state index in [1.807, 2.05) is 24.3 Å². The van der Waals surface area contributed by atoms with Crippen molar-refractivity contribution < 1.29 is 4.79 Å². The summed E-state index contributed by atoms with van der Waals surface area (Å²) < 4.78 is 0. The highest BCUT2D eigenvalue weighted by Gasteiger charge is 2.12. The monoisotopic (exact) mass is 248 g/mol. The van der Waals surface area contributed by atoms with E-state index in [0.717, 1.165) is 24.9 Å². The van der Waals surface area contributed by atoms with Gasteiger partial charge in [-0.3, -0.25) is 4.79 Å². The molecular formula is C15H24N2O. The smallest absolute Gasteiger partial charge is 0.241 e. The number of carbonyl (C=O) groups is 1. The Morgan fingerprint density at radius 2 is 1.89 bits per heavy atom. The van der Waals surface area contributed by atoms with Crippen LogP contribution in [0.15, 0.2) is 24.3 Å². The molecule has 3 N–H and O–H groups in total. The first-order chi connectivity index (χ1) is 8.54. The third-order valence-corrected chi connectivity index (χ3v) is 3.05. The molecule has 0 spiro atoms. The van der Waals surface area contributed by atoms with Crippen LogP contribution >= 0.6 is 0 Å². The Labute approximate surface area is 110 Å². The first-order valence-electron chi connectivity index (χ1n) is 6.71. The molecule has 1 aromatic rings. The molecule has 0 aliphatic heterocycles. The molecule has 0 saturated heterocycles. The number of unbranched alkanes of at least 4 members (excludes halogenated alkanes) is 1. The van der Waals surface area contributed by atoms with Crippen LogP contribution in [0.5, 0.6) is 0 Å². The zero-order valence-electron chi connectivity index (χ0n) is 11.6. The molecule has 0 aliphatic carbocycles. The third-order valence-electron chi connectivity index (χ3n) is 3.05. The maximum atomic E-state index is 11.8. The second kappa shape index (κ2) is 7.17. The number of rotatable bonds is 6. The summed E-state index contributed by atoms with van der Waals surface area (Å²) in [7, 11) is 0. The van der Waals surface area contributed by atoms with Crippen molar-refractivity contribution in [3.05, 3.63) is 29.8 Å². The van der Waals surface area contributed by atoms with E-state index in [9.17, 15) is 4.79 Å². The number of nitrogens with two attached hydrogens (primary N) is 1. The second-order valence-corrected chi connectivity index (χ2v) is 5.01. The van der Waals surface area contributed by atoms with Gasteiger partial charge >= 0.3 is 0 Å². The first-order valence-corrected chi connectivity index (χ1v) is 6.71. The molecule has 0 fully saturated rings. The Balaban J connectivity index is 2.53. The highest BCUT2D eigenvalue weighted by Crippen LogP contribution is 2.17. The molecule has 18 heavy (non-hydrogen) atoms. The van der Waals surface area contributed by atoms with E-state index in [4.69, 9.17) is 5.73 Å². The van der Waals surface area contributed by atoms with Gasteiger partial charge in [0.15, 0.2) is 0 Å². The van der Waals surface area contributed by atoms with Crippen LogP contribution in [0, 0.1) is 0 Å². The summed E-state index contributed by atoms with van der Waals surface area (Å²) in [5, 5.41) is 2.85. The van der Waals surface area contributed by atoms with Crippen LogP contribution in [0.3, 0.4) is 0 Å². The van der Waals surface area contributed by atoms with E-state index >= 15 is 0 Å². The van der Waals surface area contributed by atoms with Crippen molar-refractivity contribution >= 4 is 11.6 Å². The maximum Gasteiger partial charge on any atom is 0.241 e. The van der Waals surface area contributed by atoms with Gasteiger partial charge in [0.25, 0.3) is 0 Å². The molecule has 1 amide bonds. The Kier molecular flexibility index (Phi) is 5.86. The summed E-state index contributed by atoms with van der Waals surface area (Å²) in [6, 6.07) is 7.53. The molecule has 0 aliphatic rings. The minimum atomic E-state index is -0.408. The highest BCUT2D eigenvalue weighted by atomic mass is 16.2. The molecule has 0 radical (unpaired) electrons. The normalized spacial score (nSPS) is 12.5. The minimum Gasteiger partial charge on any atom is -0.325 e. The summed E-state index contributed by atoms with van der Waals surface area (Å²) in [6.45, 7) is 6.39. The Morgan fingerprint density at radius 1 is 1.28 bits per heavy atom. The first kappa shape index (κ1) is 14.7. The lowest BCUT2D eigenvalue weighted by Gasteiger charge is -2.12. The predicted molar refractivity (Wildman–Crippen MR) is 76.7 cm³/mol. The average Bonchev–Trinajstić information content (AvgIpc) is 2.36. The van der Waals surface area contributed by atoms with Crippen molar-refractivity contribution in [3.63, 3.8) is 0 Å². The average molecular weight is 248 g/mol. The van der Waals surface area contributed by atoms with Gasteiger partial charge in [-0.15, -0.1) is 0 Å². The number of carbonyl (C=O) groups excluding carboxylic acids is 1. The van der Waals surface area contributed by atoms with Crippen molar-refractivity contribution in [3.8, 4) is 0 Å². The third kappa shape index (κ3) is 4.49. The van der Waals surface area contributed by atoms with E-state index in [2.05, 4.69) is 26.1 Å². The molecule has 0 aromatic heterocycles. The van der Waals surface area contributed by atoms with Gasteiger partial charge in [0.05, 0.1) is 6.04 Å². The second-order valence-electron chi connectivity index (χ2n) is 5.01. The lowest BCUT2D eigenvalue weighted by Crippen LogP contribution is -2.35. The van der Waals surface area contributed by atoms with E-state index in [1.54, 1.807) is 0 Å². The quantitative estimate of drug-likeness (QED) is 0.811. The minimum absolute atomic E-state index is 0.0965. The topological polar surface area (TPSA) is 55.1 Å². The van der Waals surface area contributed by atoms with Gasteiger partial charge < -0.3 is 11.1 Å². The van der Waals surface area contributed by atoms with Crippen molar-refractivity contribution in [2.45, 2.75) is 52.0 Å². The largest absolute Gasteiger partial charge is 0.325 e. The maximum absolute atomic E-state index is 11.8. The number of benzene rings is 1. The van der Waals surface area contributed by atoms with Crippen LogP contribution < -0.4 is 11.1 Å². The van der Waals surface area contributed by atoms with Crippen molar-refractivity contribution in [2.75, 3.05) is 5.32 Å². The van der Waals surface area contributed by atoms with E-state index in [0.29, 0.717) is 5.92 Å². The molecule has 0 bridgehead atoms. The van der Waals surface area contributed by atoms with Crippen LogP contribution in [0.2, 0.25) is 0 Å². The summed E-state index contributed by atoms with van der Waals surface area (Å²) in [5.41, 5.74) is 7.90. The number of hydrogen-bond donors (Lipinski definition) is 2. The summed E-state index contributed by atoms with van der Waals surface area (Å²) in [5.74, 6) is 0.405. The van der Waals surface area contributed by atoms with Gasteiger partial charge in [0.1, 0.15) is 0 Å². The number of hydrogen-bond acceptors (Lipinski definition) is 2. The summed E-state index contributed by atoms with van der Waals surface area (Å²) in [6.07, 6.45) is 2.79. The molecule has 0 saturated carbocycles. The fourth-order valence-corrected chi connectivity index (χ4v) is 1.74. The van der Waals surface area contributed by atoms with E-state index in [-0.39, 0.29) is 5.91 Å². The van der Waals surface area contributed by atoms with Gasteiger partial charge in [-0.05, 0) is 30.0 Å². The summed E-state index contributed by atoms with van der Waals surface area (Å²) >= 11 is 0. The van der Waals surface area contributed by atoms with E-state index < -0.39 is 6.04 Å². The molecule has 100 valence electrons. The molecule has 3 nitrogen and oxygen atoms in total. The zero-order valence-corrected chi connectivity index (χ0v) is 11.6. The van der Waals surface area contributed by atoms with Gasteiger partial charge in [0.2, 0.25) is 5.91 Å². The Morgan fingerprint density at radius 3 is 2.39 bits per heavy atom. The Hall–Kier alpha value is -1.35. The SMILES string of the molecule is CCCCC(N)C(=O)Nc1ccc(C(C)C)cc1. The van der Waals surface area contributed by atoms with E-state index in [1.165, 1.54) is 5.56 Å². The molecule has 1 aromatic carbocycles. The molecule has 0 heterocycles. The van der Waals surface area contributed by atoms with Gasteiger partial charge in [-0.2, -0.15) is 0 Å². The van der Waals surface area contributed by atoms with Crippen LogP contribution in [-0.4, -0.2) is 11.9 Å². The van der Waals surface area contributed by atoms with Gasteiger partial charge in [-0.25, -0.2) is 0 Å². The van der Waals surface area contributed by atoms with Crippen LogP contribution in [0.1, 0.15) is 51.5 Å². The highest BCUT2D eigenvalue weighted by molar-refractivity contribution is 5.94.